The molecule has 0 unspecified atom stereocenters. The van der Waals surface area contributed by atoms with Gasteiger partial charge in [0.1, 0.15) is 0 Å². The van der Waals surface area contributed by atoms with Gasteiger partial charge in [0.15, 0.2) is 0 Å². The number of hydrogen-bond donors (Lipinski definition) is 2. The molecule has 18 heavy (non-hydrogen) atoms. The molecular weight excluding hydrogens is 309 g/mol. The van der Waals surface area contributed by atoms with E-state index in [1.54, 1.807) is 0 Å². The van der Waals surface area contributed by atoms with Crippen LogP contribution >= 0.6 is 0 Å². The Morgan fingerprint density at radius 2 is 2.17 bits per heavy atom. The smallest absolute Gasteiger partial charge is 0.248 e. The predicted octanol–water partition coefficient (Wildman–Crippen LogP) is -0.289. The zero-order valence-corrected chi connectivity index (χ0v) is 12.2. The van der Waals surface area contributed by atoms with Crippen LogP contribution in [0.3, 0.4) is 0 Å². The maximum absolute atomic E-state index is 11.7. The van der Waals surface area contributed by atoms with E-state index in [9.17, 15) is 9.59 Å². The van der Waals surface area contributed by atoms with Crippen LogP contribution in [0.4, 0.5) is 5.69 Å². The van der Waals surface area contributed by atoms with Gasteiger partial charge in [-0.25, -0.2) is 0 Å². The molecule has 0 fully saturated rings. The first-order valence-corrected chi connectivity index (χ1v) is 4.74. The van der Waals surface area contributed by atoms with Gasteiger partial charge in [-0.3, -0.25) is 9.59 Å². The van der Waals surface area contributed by atoms with E-state index in [0.717, 1.165) is 6.07 Å². The quantitative estimate of drug-likeness (QED) is 0.743. The molecule has 6 nitrogen and oxygen atoms in total. The van der Waals surface area contributed by atoms with Crippen molar-refractivity contribution in [1.82, 2.24) is 9.55 Å². The maximum atomic E-state index is 11.7. The van der Waals surface area contributed by atoms with E-state index in [-0.39, 0.29) is 38.3 Å². The molecule has 1 radical (unpaired) electrons. The van der Waals surface area contributed by atoms with Crippen LogP contribution in [0, 0.1) is 6.07 Å². The topological polar surface area (TPSA) is 104 Å². The second-order valence-electron chi connectivity index (χ2n) is 3.35. The van der Waals surface area contributed by atoms with Crippen LogP contribution in [0.15, 0.2) is 35.4 Å². The summed E-state index contributed by atoms with van der Waals surface area (Å²) in [7, 11) is 0. The fourth-order valence-electron chi connectivity index (χ4n) is 1.31. The van der Waals surface area contributed by atoms with E-state index in [1.807, 2.05) is 0 Å². The van der Waals surface area contributed by atoms with Gasteiger partial charge in [0.05, 0.1) is 0 Å². The summed E-state index contributed by atoms with van der Waals surface area (Å²) in [6.07, 6.45) is 2.82. The molecule has 2 rings (SSSR count). The fourth-order valence-corrected chi connectivity index (χ4v) is 1.31. The minimum Gasteiger partial charge on any atom is -0.418 e. The number of anilines is 1. The van der Waals surface area contributed by atoms with Crippen LogP contribution in [0.25, 0.3) is 5.82 Å². The van der Waals surface area contributed by atoms with Crippen LogP contribution in [-0.2, 0) is 32.7 Å². The van der Waals surface area contributed by atoms with Crippen LogP contribution in [0.5, 0.6) is 0 Å². The van der Waals surface area contributed by atoms with Gasteiger partial charge < -0.3 is 21.0 Å². The van der Waals surface area contributed by atoms with Crippen molar-refractivity contribution in [1.29, 1.82) is 0 Å². The molecule has 2 heterocycles. The Kier molecular flexibility index (Phi) is 4.75. The van der Waals surface area contributed by atoms with Gasteiger partial charge in [0.25, 0.3) is 0 Å². The van der Waals surface area contributed by atoms with Crippen molar-refractivity contribution < 1.29 is 37.5 Å². The molecule has 0 spiro atoms. The van der Waals surface area contributed by atoms with E-state index >= 15 is 0 Å². The standard InChI is InChI=1S/C11H9N4O2.Y/c12-8-1-2-9(14-6-8)15-4-3-7(11(13)17)5-10(15)16;/h2-6H,12H2,(H2,13,17);/q-1;. The molecule has 1 amide bonds. The Morgan fingerprint density at radius 1 is 1.44 bits per heavy atom. The summed E-state index contributed by atoms with van der Waals surface area (Å²) in [4.78, 5) is 26.6. The average Bonchev–Trinajstić information content (AvgIpc) is 2.30. The summed E-state index contributed by atoms with van der Waals surface area (Å²) in [5, 5.41) is 0. The molecule has 0 saturated carbocycles. The van der Waals surface area contributed by atoms with Crippen molar-refractivity contribution in [2.24, 2.45) is 5.73 Å². The summed E-state index contributed by atoms with van der Waals surface area (Å²) in [5.41, 5.74) is 10.7. The molecule has 2 aromatic heterocycles. The minimum absolute atomic E-state index is 0. The number of carbonyl (C=O) groups is 1. The summed E-state index contributed by atoms with van der Waals surface area (Å²) in [6.45, 7) is 0. The Balaban J connectivity index is 0.00000162. The van der Waals surface area contributed by atoms with Crippen molar-refractivity contribution >= 4 is 11.6 Å². The first-order chi connectivity index (χ1) is 8.08. The van der Waals surface area contributed by atoms with Gasteiger partial charge in [-0.1, -0.05) is 11.9 Å². The van der Waals surface area contributed by atoms with Gasteiger partial charge in [-0.2, -0.15) is 6.07 Å². The van der Waals surface area contributed by atoms with Gasteiger partial charge in [0.2, 0.25) is 11.5 Å². The van der Waals surface area contributed by atoms with E-state index in [4.69, 9.17) is 11.5 Å². The van der Waals surface area contributed by atoms with Crippen molar-refractivity contribution in [3.63, 3.8) is 0 Å². The number of nitrogens with two attached hydrogens (primary N) is 2. The zero-order chi connectivity index (χ0) is 12.4. The molecule has 0 saturated heterocycles. The monoisotopic (exact) mass is 318 g/mol. The van der Waals surface area contributed by atoms with Crippen LogP contribution in [0.2, 0.25) is 0 Å². The number of aromatic nitrogens is 2. The summed E-state index contributed by atoms with van der Waals surface area (Å²) in [6, 6.07) is 6.81. The van der Waals surface area contributed by atoms with Crippen LogP contribution in [0.1, 0.15) is 10.4 Å². The van der Waals surface area contributed by atoms with Crippen LogP contribution in [-0.4, -0.2) is 15.5 Å². The third kappa shape index (κ3) is 3.02. The average molecular weight is 318 g/mol. The number of nitrogen functional groups attached to an aromatic ring is 1. The van der Waals surface area contributed by atoms with Gasteiger partial charge in [-0.15, -0.1) is 6.07 Å². The first kappa shape index (κ1) is 14.5. The number of nitrogens with zero attached hydrogens (tertiary/aromatic N) is 2. The Morgan fingerprint density at radius 3 is 2.67 bits per heavy atom. The molecule has 0 atom stereocenters. The predicted molar refractivity (Wildman–Crippen MR) is 61.6 cm³/mol. The summed E-state index contributed by atoms with van der Waals surface area (Å²) >= 11 is 0. The molecule has 0 aliphatic rings. The van der Waals surface area contributed by atoms with Gasteiger partial charge in [0, 0.05) is 56.4 Å². The second kappa shape index (κ2) is 5.88. The van der Waals surface area contributed by atoms with E-state index in [0.29, 0.717) is 11.5 Å². The van der Waals surface area contributed by atoms with Crippen molar-refractivity contribution in [2.45, 2.75) is 0 Å². The zero-order valence-electron chi connectivity index (χ0n) is 9.33. The summed E-state index contributed by atoms with van der Waals surface area (Å²) in [5.74, 6) is -0.272. The normalized spacial score (nSPS) is 9.56. The largest absolute Gasteiger partial charge is 0.418 e. The Labute approximate surface area is 128 Å². The Hall–Kier alpha value is -1.53. The third-order valence-electron chi connectivity index (χ3n) is 2.15. The number of amides is 1. The maximum Gasteiger partial charge on any atom is 0.248 e. The minimum atomic E-state index is -0.647. The summed E-state index contributed by atoms with van der Waals surface area (Å²) < 4.78 is 1.27. The Bertz CT molecular complexity index is 622. The number of rotatable bonds is 2. The molecular formula is C11H9N4O2Y-. The number of primary amides is 1. The van der Waals surface area contributed by atoms with E-state index < -0.39 is 11.5 Å². The van der Waals surface area contributed by atoms with Crippen molar-refractivity contribution in [2.75, 3.05) is 5.73 Å². The molecule has 2 aromatic rings. The molecule has 4 N–H and O–H groups in total. The van der Waals surface area contributed by atoms with Crippen molar-refractivity contribution in [3.8, 4) is 5.82 Å². The van der Waals surface area contributed by atoms with E-state index in [1.165, 1.54) is 29.1 Å². The molecule has 89 valence electrons. The second-order valence-corrected chi connectivity index (χ2v) is 3.35. The fraction of sp³-hybridized carbons (Fsp3) is 0. The number of pyridine rings is 2. The van der Waals surface area contributed by atoms with E-state index in [2.05, 4.69) is 11.1 Å². The molecule has 0 aliphatic heterocycles. The van der Waals surface area contributed by atoms with Crippen molar-refractivity contribution in [3.05, 3.63) is 52.6 Å². The molecule has 0 aromatic carbocycles. The molecule has 0 aliphatic carbocycles. The third-order valence-corrected chi connectivity index (χ3v) is 2.15. The number of carbonyl (C=O) groups excluding carboxylic acids is 1. The first-order valence-electron chi connectivity index (χ1n) is 4.74. The SMILES string of the molecule is NC(=O)c1ccn(-c2c[c-]c(N)cn2)c(=O)c1.[Y]. The van der Waals surface area contributed by atoms with Gasteiger partial charge >= 0.3 is 0 Å². The molecule has 7 heteroatoms. The van der Waals surface area contributed by atoms with Crippen LogP contribution < -0.4 is 17.0 Å². The number of hydrogen-bond acceptors (Lipinski definition) is 4. The molecule has 0 bridgehead atoms. The van der Waals surface area contributed by atoms with Gasteiger partial charge in [-0.05, 0) is 6.07 Å².